The van der Waals surface area contributed by atoms with Crippen LogP contribution in [-0.2, 0) is 22.6 Å². The summed E-state index contributed by atoms with van der Waals surface area (Å²) >= 11 is 12.1. The predicted molar refractivity (Wildman–Crippen MR) is 132 cm³/mol. The lowest BCUT2D eigenvalue weighted by atomic mass is 10.0. The van der Waals surface area contributed by atoms with E-state index in [9.17, 15) is 9.59 Å². The summed E-state index contributed by atoms with van der Waals surface area (Å²) in [5.74, 6) is -0.219. The van der Waals surface area contributed by atoms with Crippen LogP contribution >= 0.6 is 23.2 Å². The van der Waals surface area contributed by atoms with Gasteiger partial charge >= 0.3 is 0 Å². The maximum absolute atomic E-state index is 13.4. The van der Waals surface area contributed by atoms with E-state index < -0.39 is 6.04 Å². The molecular formula is C26H26Cl2N2O3. The number of rotatable bonds is 9. The van der Waals surface area contributed by atoms with Gasteiger partial charge < -0.3 is 15.0 Å². The standard InChI is InChI=1S/C26H26Cl2N2O3/c1-18-8-6-7-11-20(18)16-30(23(26(32)29-2)14-19-9-4-3-5-10-19)25(31)17-33-24-13-12-21(27)15-22(24)28/h3-13,15,23H,14,16-17H2,1-2H3,(H,29,32)/t23-/m1/s1. The third-order valence-corrected chi connectivity index (χ3v) is 5.89. The zero-order valence-electron chi connectivity index (χ0n) is 18.6. The lowest BCUT2D eigenvalue weighted by Gasteiger charge is -2.31. The number of halogens is 2. The van der Waals surface area contributed by atoms with E-state index in [1.54, 1.807) is 30.1 Å². The molecule has 172 valence electrons. The Kier molecular flexibility index (Phi) is 8.75. The number of amides is 2. The van der Waals surface area contributed by atoms with Crippen molar-refractivity contribution >= 4 is 35.0 Å². The lowest BCUT2D eigenvalue weighted by molar-refractivity contribution is -0.142. The van der Waals surface area contributed by atoms with Gasteiger partial charge in [0.05, 0.1) is 5.02 Å². The number of hydrogen-bond donors (Lipinski definition) is 1. The minimum atomic E-state index is -0.714. The van der Waals surface area contributed by atoms with Crippen LogP contribution in [0.25, 0.3) is 0 Å². The number of nitrogens with zero attached hydrogens (tertiary/aromatic N) is 1. The fourth-order valence-corrected chi connectivity index (χ4v) is 3.97. The molecule has 1 atom stereocenters. The second kappa shape index (κ2) is 11.7. The first-order chi connectivity index (χ1) is 15.9. The van der Waals surface area contributed by atoms with Gasteiger partial charge in [0.2, 0.25) is 5.91 Å². The summed E-state index contributed by atoms with van der Waals surface area (Å²) in [5.41, 5.74) is 2.94. The van der Waals surface area contributed by atoms with Crippen LogP contribution in [0.5, 0.6) is 5.75 Å². The van der Waals surface area contributed by atoms with Crippen molar-refractivity contribution in [1.82, 2.24) is 10.2 Å². The van der Waals surface area contributed by atoms with E-state index in [2.05, 4.69) is 5.32 Å². The number of ether oxygens (including phenoxy) is 1. The highest BCUT2D eigenvalue weighted by atomic mass is 35.5. The topological polar surface area (TPSA) is 58.6 Å². The highest BCUT2D eigenvalue weighted by molar-refractivity contribution is 6.35. The molecule has 0 aliphatic carbocycles. The van der Waals surface area contributed by atoms with Crippen LogP contribution in [0.1, 0.15) is 16.7 Å². The van der Waals surface area contributed by atoms with Crippen molar-refractivity contribution in [3.05, 3.63) is 99.5 Å². The molecule has 2 amide bonds. The Labute approximate surface area is 204 Å². The molecule has 7 heteroatoms. The fourth-order valence-electron chi connectivity index (χ4n) is 3.51. The second-order valence-electron chi connectivity index (χ2n) is 7.63. The fraction of sp³-hybridized carbons (Fsp3) is 0.231. The average molecular weight is 485 g/mol. The van der Waals surface area contributed by atoms with Gasteiger partial charge in [-0.3, -0.25) is 9.59 Å². The largest absolute Gasteiger partial charge is 0.482 e. The van der Waals surface area contributed by atoms with E-state index in [0.29, 0.717) is 22.2 Å². The van der Waals surface area contributed by atoms with Gasteiger partial charge in [-0.1, -0.05) is 77.8 Å². The zero-order chi connectivity index (χ0) is 23.8. The van der Waals surface area contributed by atoms with Crippen molar-refractivity contribution in [1.29, 1.82) is 0 Å². The molecule has 1 N–H and O–H groups in total. The molecule has 0 unspecified atom stereocenters. The van der Waals surface area contributed by atoms with Gasteiger partial charge in [0, 0.05) is 25.0 Å². The minimum absolute atomic E-state index is 0.245. The van der Waals surface area contributed by atoms with Gasteiger partial charge in [-0.25, -0.2) is 0 Å². The lowest BCUT2D eigenvalue weighted by Crippen LogP contribution is -2.51. The van der Waals surface area contributed by atoms with Crippen molar-refractivity contribution in [2.45, 2.75) is 25.9 Å². The van der Waals surface area contributed by atoms with Gasteiger partial charge in [-0.15, -0.1) is 0 Å². The third-order valence-electron chi connectivity index (χ3n) is 5.36. The number of aryl methyl sites for hydroxylation is 1. The summed E-state index contributed by atoms with van der Waals surface area (Å²) in [6.07, 6.45) is 0.375. The SMILES string of the molecule is CNC(=O)[C@@H](Cc1ccccc1)N(Cc1ccccc1C)C(=O)COc1ccc(Cl)cc1Cl. The highest BCUT2D eigenvalue weighted by Gasteiger charge is 2.30. The Balaban J connectivity index is 1.89. The molecule has 0 fully saturated rings. The Morgan fingerprint density at radius 1 is 1.00 bits per heavy atom. The Hall–Kier alpha value is -3.02. The maximum atomic E-state index is 13.4. The summed E-state index contributed by atoms with van der Waals surface area (Å²) in [6, 6.07) is 21.5. The van der Waals surface area contributed by atoms with Gasteiger partial charge in [0.1, 0.15) is 11.8 Å². The number of hydrogen-bond acceptors (Lipinski definition) is 3. The predicted octanol–water partition coefficient (Wildman–Crippen LogP) is 5.07. The first-order valence-electron chi connectivity index (χ1n) is 10.6. The molecule has 0 bridgehead atoms. The Morgan fingerprint density at radius 3 is 2.36 bits per heavy atom. The van der Waals surface area contributed by atoms with E-state index in [-0.39, 0.29) is 25.0 Å². The van der Waals surface area contributed by atoms with Gasteiger partial charge in [0.15, 0.2) is 6.61 Å². The smallest absolute Gasteiger partial charge is 0.261 e. The monoisotopic (exact) mass is 484 g/mol. The van der Waals surface area contributed by atoms with Gasteiger partial charge in [-0.2, -0.15) is 0 Å². The van der Waals surface area contributed by atoms with Crippen LogP contribution in [0, 0.1) is 6.92 Å². The normalized spacial score (nSPS) is 11.5. The zero-order valence-corrected chi connectivity index (χ0v) is 20.1. The van der Waals surface area contributed by atoms with E-state index in [1.165, 1.54) is 0 Å². The molecule has 3 aromatic rings. The van der Waals surface area contributed by atoms with Crippen molar-refractivity contribution in [3.63, 3.8) is 0 Å². The molecular weight excluding hydrogens is 459 g/mol. The average Bonchev–Trinajstić information content (AvgIpc) is 2.82. The second-order valence-corrected chi connectivity index (χ2v) is 8.47. The number of nitrogens with one attached hydrogen (secondary N) is 1. The molecule has 0 spiro atoms. The molecule has 0 saturated carbocycles. The quantitative estimate of drug-likeness (QED) is 0.461. The number of carbonyl (C=O) groups is 2. The van der Waals surface area contributed by atoms with E-state index >= 15 is 0 Å². The van der Waals surface area contributed by atoms with Crippen LogP contribution < -0.4 is 10.1 Å². The molecule has 33 heavy (non-hydrogen) atoms. The number of benzene rings is 3. The van der Waals surface area contributed by atoms with Crippen molar-refractivity contribution in [3.8, 4) is 5.75 Å². The van der Waals surface area contributed by atoms with Crippen LogP contribution in [0.4, 0.5) is 0 Å². The highest BCUT2D eigenvalue weighted by Crippen LogP contribution is 2.27. The molecule has 0 aliphatic heterocycles. The summed E-state index contributed by atoms with van der Waals surface area (Å²) in [5, 5.41) is 3.49. The number of carbonyl (C=O) groups excluding carboxylic acids is 2. The van der Waals surface area contributed by atoms with Crippen LogP contribution in [0.2, 0.25) is 10.0 Å². The summed E-state index contributed by atoms with van der Waals surface area (Å²) in [6.45, 7) is 1.98. The van der Waals surface area contributed by atoms with Gasteiger partial charge in [-0.05, 0) is 41.8 Å². The Morgan fingerprint density at radius 2 is 1.70 bits per heavy atom. The molecule has 0 saturated heterocycles. The first kappa shape index (κ1) is 24.6. The molecule has 3 rings (SSSR count). The van der Waals surface area contributed by atoms with E-state index in [4.69, 9.17) is 27.9 Å². The van der Waals surface area contributed by atoms with Crippen LogP contribution in [0.3, 0.4) is 0 Å². The third kappa shape index (κ3) is 6.73. The first-order valence-corrected chi connectivity index (χ1v) is 11.3. The molecule has 0 heterocycles. The molecule has 0 aliphatic rings. The number of likely N-dealkylation sites (N-methyl/N-ethyl adjacent to an activating group) is 1. The summed E-state index contributed by atoms with van der Waals surface area (Å²) in [4.78, 5) is 27.9. The van der Waals surface area contributed by atoms with Crippen molar-refractivity contribution < 1.29 is 14.3 Å². The van der Waals surface area contributed by atoms with Crippen LogP contribution in [0.15, 0.2) is 72.8 Å². The molecule has 0 aromatic heterocycles. The van der Waals surface area contributed by atoms with Gasteiger partial charge in [0.25, 0.3) is 5.91 Å². The van der Waals surface area contributed by atoms with E-state index in [1.807, 2.05) is 61.5 Å². The maximum Gasteiger partial charge on any atom is 0.261 e. The molecule has 0 radical (unpaired) electrons. The Bertz CT molecular complexity index is 1110. The van der Waals surface area contributed by atoms with Crippen LogP contribution in [-0.4, -0.2) is 36.4 Å². The minimum Gasteiger partial charge on any atom is -0.482 e. The summed E-state index contributed by atoms with van der Waals surface area (Å²) in [7, 11) is 1.57. The molecule has 5 nitrogen and oxygen atoms in total. The molecule has 3 aromatic carbocycles. The van der Waals surface area contributed by atoms with Crippen molar-refractivity contribution in [2.75, 3.05) is 13.7 Å². The van der Waals surface area contributed by atoms with E-state index in [0.717, 1.165) is 16.7 Å². The summed E-state index contributed by atoms with van der Waals surface area (Å²) < 4.78 is 5.70. The van der Waals surface area contributed by atoms with Crippen molar-refractivity contribution in [2.24, 2.45) is 0 Å².